The highest BCUT2D eigenvalue weighted by molar-refractivity contribution is 7.12. The molecule has 1 atom stereocenters. The van der Waals surface area contributed by atoms with Crippen molar-refractivity contribution in [3.8, 4) is 0 Å². The van der Waals surface area contributed by atoms with Crippen molar-refractivity contribution >= 4 is 17.2 Å². The predicted molar refractivity (Wildman–Crippen MR) is 59.3 cm³/mol. The molecule has 0 aliphatic heterocycles. The number of carbonyl (C=O) groups is 1. The summed E-state index contributed by atoms with van der Waals surface area (Å²) in [7, 11) is 1.91. The summed E-state index contributed by atoms with van der Waals surface area (Å²) < 4.78 is 0. The third-order valence-electron chi connectivity index (χ3n) is 2.24. The van der Waals surface area contributed by atoms with Crippen LogP contribution in [0.3, 0.4) is 0 Å². The molecule has 0 spiro atoms. The van der Waals surface area contributed by atoms with Crippen LogP contribution in [0.1, 0.15) is 22.7 Å². The molecule has 2 N–H and O–H groups in total. The van der Waals surface area contributed by atoms with Crippen molar-refractivity contribution in [3.63, 3.8) is 0 Å². The molecule has 0 bridgehead atoms. The van der Waals surface area contributed by atoms with Gasteiger partial charge in [0, 0.05) is 15.8 Å². The van der Waals surface area contributed by atoms with Crippen LogP contribution in [0.4, 0.5) is 0 Å². The van der Waals surface area contributed by atoms with E-state index in [9.17, 15) is 4.79 Å². The van der Waals surface area contributed by atoms with E-state index in [1.54, 1.807) is 11.3 Å². The first kappa shape index (κ1) is 11.2. The van der Waals surface area contributed by atoms with Gasteiger partial charge in [-0.15, -0.1) is 11.3 Å². The number of nitrogens with zero attached hydrogens (tertiary/aromatic N) is 1. The summed E-state index contributed by atoms with van der Waals surface area (Å²) >= 11 is 1.76. The van der Waals surface area contributed by atoms with Crippen LogP contribution in [0.15, 0.2) is 12.1 Å². The maximum Gasteiger partial charge on any atom is 0.231 e. The van der Waals surface area contributed by atoms with E-state index >= 15 is 0 Å². The molecule has 4 heteroatoms. The quantitative estimate of drug-likeness (QED) is 0.822. The Morgan fingerprint density at radius 2 is 2.29 bits per heavy atom. The minimum Gasteiger partial charge on any atom is -0.369 e. The molecule has 78 valence electrons. The van der Waals surface area contributed by atoms with Gasteiger partial charge in [0.2, 0.25) is 5.91 Å². The van der Waals surface area contributed by atoms with Crippen LogP contribution in [-0.4, -0.2) is 24.4 Å². The van der Waals surface area contributed by atoms with Gasteiger partial charge in [0.1, 0.15) is 0 Å². The number of hydrogen-bond donors (Lipinski definition) is 1. The second-order valence-electron chi connectivity index (χ2n) is 3.51. The van der Waals surface area contributed by atoms with Crippen LogP contribution in [0, 0.1) is 6.92 Å². The molecule has 0 radical (unpaired) electrons. The average Bonchev–Trinajstić information content (AvgIpc) is 2.49. The number of amides is 1. The van der Waals surface area contributed by atoms with Crippen LogP contribution in [0.5, 0.6) is 0 Å². The zero-order chi connectivity index (χ0) is 10.7. The molecule has 1 rings (SSSR count). The van der Waals surface area contributed by atoms with Crippen molar-refractivity contribution in [1.29, 1.82) is 0 Å². The molecule has 1 aromatic heterocycles. The zero-order valence-electron chi connectivity index (χ0n) is 8.78. The topological polar surface area (TPSA) is 46.3 Å². The SMILES string of the molecule is Cc1ccc(C(C)N(C)CC(N)=O)s1. The number of hydrogen-bond acceptors (Lipinski definition) is 3. The smallest absolute Gasteiger partial charge is 0.231 e. The Kier molecular flexibility index (Phi) is 3.66. The average molecular weight is 212 g/mol. The lowest BCUT2D eigenvalue weighted by molar-refractivity contribution is -0.119. The van der Waals surface area contributed by atoms with E-state index in [4.69, 9.17) is 5.73 Å². The van der Waals surface area contributed by atoms with E-state index in [1.807, 2.05) is 11.9 Å². The van der Waals surface area contributed by atoms with Gasteiger partial charge in [0.15, 0.2) is 0 Å². The van der Waals surface area contributed by atoms with Crippen molar-refractivity contribution in [2.75, 3.05) is 13.6 Å². The molecule has 0 saturated heterocycles. The lowest BCUT2D eigenvalue weighted by atomic mass is 10.2. The zero-order valence-corrected chi connectivity index (χ0v) is 9.60. The Labute approximate surface area is 88.5 Å². The fraction of sp³-hybridized carbons (Fsp3) is 0.500. The van der Waals surface area contributed by atoms with Crippen LogP contribution in [-0.2, 0) is 4.79 Å². The van der Waals surface area contributed by atoms with Crippen molar-refractivity contribution in [1.82, 2.24) is 4.90 Å². The van der Waals surface area contributed by atoms with Crippen LogP contribution < -0.4 is 5.73 Å². The minimum absolute atomic E-state index is 0.251. The monoisotopic (exact) mass is 212 g/mol. The van der Waals surface area contributed by atoms with Gasteiger partial charge in [0.05, 0.1) is 6.54 Å². The maximum absolute atomic E-state index is 10.7. The van der Waals surface area contributed by atoms with Crippen LogP contribution in [0.25, 0.3) is 0 Å². The summed E-state index contributed by atoms with van der Waals surface area (Å²) in [6.07, 6.45) is 0. The summed E-state index contributed by atoms with van der Waals surface area (Å²) in [5.74, 6) is -0.285. The second-order valence-corrected chi connectivity index (χ2v) is 4.83. The van der Waals surface area contributed by atoms with E-state index in [2.05, 4.69) is 26.0 Å². The Balaban J connectivity index is 2.65. The number of aryl methyl sites for hydroxylation is 1. The summed E-state index contributed by atoms with van der Waals surface area (Å²) in [5, 5.41) is 0. The highest BCUT2D eigenvalue weighted by Crippen LogP contribution is 2.25. The standard InChI is InChI=1S/C10H16N2OS/c1-7-4-5-9(14-7)8(2)12(3)6-10(11)13/h4-5,8H,6H2,1-3H3,(H2,11,13). The molecule has 1 unspecified atom stereocenters. The number of likely N-dealkylation sites (N-methyl/N-ethyl adjacent to an activating group) is 1. The summed E-state index contributed by atoms with van der Waals surface area (Å²) in [4.78, 5) is 15.2. The van der Waals surface area contributed by atoms with Gasteiger partial charge in [-0.25, -0.2) is 0 Å². The molecule has 1 aromatic rings. The minimum atomic E-state index is -0.285. The first-order valence-electron chi connectivity index (χ1n) is 4.55. The fourth-order valence-corrected chi connectivity index (χ4v) is 2.27. The highest BCUT2D eigenvalue weighted by atomic mass is 32.1. The molecule has 14 heavy (non-hydrogen) atoms. The Morgan fingerprint density at radius 3 is 2.71 bits per heavy atom. The van der Waals surface area contributed by atoms with E-state index in [0.717, 1.165) is 0 Å². The second kappa shape index (κ2) is 4.57. The molecule has 1 amide bonds. The first-order chi connectivity index (χ1) is 6.50. The normalized spacial score (nSPS) is 13.1. The van der Waals surface area contributed by atoms with E-state index < -0.39 is 0 Å². The largest absolute Gasteiger partial charge is 0.369 e. The molecule has 0 aliphatic rings. The van der Waals surface area contributed by atoms with Gasteiger partial charge in [-0.05, 0) is 33.0 Å². The van der Waals surface area contributed by atoms with Crippen molar-refractivity contribution in [2.24, 2.45) is 5.73 Å². The number of carbonyl (C=O) groups excluding carboxylic acids is 1. The molecule has 0 fully saturated rings. The lowest BCUT2D eigenvalue weighted by Gasteiger charge is -2.21. The van der Waals surface area contributed by atoms with Crippen molar-refractivity contribution < 1.29 is 4.79 Å². The molecule has 1 heterocycles. The van der Waals surface area contributed by atoms with Gasteiger partial charge in [-0.2, -0.15) is 0 Å². The van der Waals surface area contributed by atoms with Gasteiger partial charge in [-0.3, -0.25) is 9.69 Å². The lowest BCUT2D eigenvalue weighted by Crippen LogP contribution is -2.32. The van der Waals surface area contributed by atoms with Crippen LogP contribution >= 0.6 is 11.3 Å². The van der Waals surface area contributed by atoms with Crippen molar-refractivity contribution in [2.45, 2.75) is 19.9 Å². The Bertz CT molecular complexity index is 322. The summed E-state index contributed by atoms with van der Waals surface area (Å²) in [5.41, 5.74) is 5.14. The number of nitrogens with two attached hydrogens (primary N) is 1. The van der Waals surface area contributed by atoms with Gasteiger partial charge >= 0.3 is 0 Å². The number of primary amides is 1. The fourth-order valence-electron chi connectivity index (χ4n) is 1.28. The molecule has 0 saturated carbocycles. The van der Waals surface area contributed by atoms with Gasteiger partial charge in [-0.1, -0.05) is 0 Å². The predicted octanol–water partition coefficient (Wildman–Crippen LogP) is 1.53. The third-order valence-corrected chi connectivity index (χ3v) is 3.41. The molecule has 0 aliphatic carbocycles. The molecular weight excluding hydrogens is 196 g/mol. The third kappa shape index (κ3) is 2.82. The number of rotatable bonds is 4. The van der Waals surface area contributed by atoms with Gasteiger partial charge < -0.3 is 5.73 Å². The van der Waals surface area contributed by atoms with E-state index in [1.165, 1.54) is 9.75 Å². The Hall–Kier alpha value is -0.870. The van der Waals surface area contributed by atoms with Crippen molar-refractivity contribution in [3.05, 3.63) is 21.9 Å². The van der Waals surface area contributed by atoms with E-state index in [-0.39, 0.29) is 11.9 Å². The molecule has 0 aromatic carbocycles. The maximum atomic E-state index is 10.7. The molecule has 3 nitrogen and oxygen atoms in total. The Morgan fingerprint density at radius 1 is 1.64 bits per heavy atom. The number of thiophene rings is 1. The van der Waals surface area contributed by atoms with Gasteiger partial charge in [0.25, 0.3) is 0 Å². The van der Waals surface area contributed by atoms with E-state index in [0.29, 0.717) is 6.54 Å². The molecular formula is C10H16N2OS. The highest BCUT2D eigenvalue weighted by Gasteiger charge is 2.14. The first-order valence-corrected chi connectivity index (χ1v) is 5.37. The summed E-state index contributed by atoms with van der Waals surface area (Å²) in [6, 6.07) is 4.44. The van der Waals surface area contributed by atoms with Crippen LogP contribution in [0.2, 0.25) is 0 Å². The summed E-state index contributed by atoms with van der Waals surface area (Å²) in [6.45, 7) is 4.46.